The van der Waals surface area contributed by atoms with Crippen LogP contribution in [0.5, 0.6) is 5.75 Å². The normalized spacial score (nSPS) is 20.1. The Balaban J connectivity index is 1.54. The van der Waals surface area contributed by atoms with Crippen molar-refractivity contribution in [3.63, 3.8) is 0 Å². The Labute approximate surface area is 143 Å². The molecule has 0 bridgehead atoms. The maximum absolute atomic E-state index is 12.5. The predicted octanol–water partition coefficient (Wildman–Crippen LogP) is 2.66. The van der Waals surface area contributed by atoms with Gasteiger partial charge in [-0.3, -0.25) is 4.79 Å². The third kappa shape index (κ3) is 3.95. The van der Waals surface area contributed by atoms with Gasteiger partial charge in [0.15, 0.2) is 0 Å². The molecule has 2 aromatic rings. The van der Waals surface area contributed by atoms with E-state index in [2.05, 4.69) is 12.1 Å². The number of amides is 1. The summed E-state index contributed by atoms with van der Waals surface area (Å²) >= 11 is 0. The first-order valence-electron chi connectivity index (χ1n) is 8.48. The number of likely N-dealkylation sites (tertiary alicyclic amines) is 1. The maximum atomic E-state index is 12.5. The van der Waals surface area contributed by atoms with Gasteiger partial charge in [-0.25, -0.2) is 0 Å². The first-order valence-corrected chi connectivity index (χ1v) is 8.48. The van der Waals surface area contributed by atoms with Gasteiger partial charge in [-0.05, 0) is 30.2 Å². The van der Waals surface area contributed by atoms with E-state index >= 15 is 0 Å². The molecule has 1 amide bonds. The highest BCUT2D eigenvalue weighted by Crippen LogP contribution is 2.32. The van der Waals surface area contributed by atoms with Gasteiger partial charge in [0.25, 0.3) is 0 Å². The first kappa shape index (κ1) is 16.5. The third-order valence-corrected chi connectivity index (χ3v) is 4.65. The van der Waals surface area contributed by atoms with Gasteiger partial charge in [0.2, 0.25) is 5.91 Å². The van der Waals surface area contributed by atoms with Crippen molar-refractivity contribution in [1.82, 2.24) is 4.90 Å². The summed E-state index contributed by atoms with van der Waals surface area (Å²) in [6.45, 7) is 2.49. The second-order valence-electron chi connectivity index (χ2n) is 6.22. The van der Waals surface area contributed by atoms with E-state index < -0.39 is 0 Å². The van der Waals surface area contributed by atoms with E-state index in [4.69, 9.17) is 10.5 Å². The van der Waals surface area contributed by atoms with Crippen LogP contribution in [0.3, 0.4) is 0 Å². The molecule has 0 aliphatic carbocycles. The zero-order chi connectivity index (χ0) is 16.8. The lowest BCUT2D eigenvalue weighted by Gasteiger charge is -2.17. The molecule has 1 heterocycles. The van der Waals surface area contributed by atoms with Gasteiger partial charge in [-0.15, -0.1) is 0 Å². The van der Waals surface area contributed by atoms with E-state index in [0.717, 1.165) is 18.8 Å². The summed E-state index contributed by atoms with van der Waals surface area (Å²) in [6.07, 6.45) is 0.397. The smallest absolute Gasteiger partial charge is 0.226 e. The molecule has 4 nitrogen and oxygen atoms in total. The molecule has 2 N–H and O–H groups in total. The third-order valence-electron chi connectivity index (χ3n) is 4.65. The fourth-order valence-electron chi connectivity index (χ4n) is 3.32. The summed E-state index contributed by atoms with van der Waals surface area (Å²) < 4.78 is 5.63. The van der Waals surface area contributed by atoms with Gasteiger partial charge in [-0.2, -0.15) is 0 Å². The number of para-hydroxylation sites is 1. The largest absolute Gasteiger partial charge is 0.493 e. The SMILES string of the molecule is NC[C@@H]1CN(C(=O)CCOc2ccccc2)C[C@H]1c1ccccc1. The van der Waals surface area contributed by atoms with Crippen LogP contribution in [-0.2, 0) is 4.79 Å². The van der Waals surface area contributed by atoms with Gasteiger partial charge < -0.3 is 15.4 Å². The number of hydrogen-bond acceptors (Lipinski definition) is 3. The number of nitrogens with two attached hydrogens (primary N) is 1. The van der Waals surface area contributed by atoms with E-state index in [1.54, 1.807) is 0 Å². The summed E-state index contributed by atoms with van der Waals surface area (Å²) in [4.78, 5) is 14.4. The topological polar surface area (TPSA) is 55.6 Å². The molecule has 2 atom stereocenters. The van der Waals surface area contributed by atoms with Crippen molar-refractivity contribution < 1.29 is 9.53 Å². The highest BCUT2D eigenvalue weighted by Gasteiger charge is 2.34. The van der Waals surface area contributed by atoms with E-state index in [0.29, 0.717) is 31.4 Å². The molecule has 1 fully saturated rings. The molecular weight excluding hydrogens is 300 g/mol. The molecule has 3 rings (SSSR count). The first-order chi connectivity index (χ1) is 11.8. The highest BCUT2D eigenvalue weighted by atomic mass is 16.5. The van der Waals surface area contributed by atoms with Crippen molar-refractivity contribution >= 4 is 5.91 Å². The fraction of sp³-hybridized carbons (Fsp3) is 0.350. The van der Waals surface area contributed by atoms with Crippen molar-refractivity contribution in [2.45, 2.75) is 12.3 Å². The number of rotatable bonds is 6. The number of hydrogen-bond donors (Lipinski definition) is 1. The lowest BCUT2D eigenvalue weighted by molar-refractivity contribution is -0.130. The number of benzene rings is 2. The molecule has 1 saturated heterocycles. The zero-order valence-electron chi connectivity index (χ0n) is 13.8. The molecular formula is C20H24N2O2. The van der Waals surface area contributed by atoms with E-state index in [9.17, 15) is 4.79 Å². The summed E-state index contributed by atoms with van der Waals surface area (Å²) in [7, 11) is 0. The van der Waals surface area contributed by atoms with Crippen LogP contribution in [0.15, 0.2) is 60.7 Å². The van der Waals surface area contributed by atoms with E-state index in [1.165, 1.54) is 5.56 Å². The number of carbonyl (C=O) groups excluding carboxylic acids is 1. The zero-order valence-corrected chi connectivity index (χ0v) is 13.8. The molecule has 126 valence electrons. The molecule has 1 aliphatic heterocycles. The van der Waals surface area contributed by atoms with Gasteiger partial charge in [0.05, 0.1) is 13.0 Å². The highest BCUT2D eigenvalue weighted by molar-refractivity contribution is 5.76. The molecule has 24 heavy (non-hydrogen) atoms. The number of nitrogens with zero attached hydrogens (tertiary/aromatic N) is 1. The Kier molecular flexibility index (Phi) is 5.49. The fourth-order valence-corrected chi connectivity index (χ4v) is 3.32. The molecule has 0 saturated carbocycles. The minimum absolute atomic E-state index is 0.141. The summed E-state index contributed by atoms with van der Waals surface area (Å²) in [5.74, 6) is 1.60. The van der Waals surface area contributed by atoms with Crippen LogP contribution in [-0.4, -0.2) is 37.0 Å². The quantitative estimate of drug-likeness (QED) is 0.889. The predicted molar refractivity (Wildman–Crippen MR) is 94.9 cm³/mol. The van der Waals surface area contributed by atoms with Crippen LogP contribution < -0.4 is 10.5 Å². The minimum Gasteiger partial charge on any atom is -0.493 e. The van der Waals surface area contributed by atoms with E-state index in [1.807, 2.05) is 53.4 Å². The second-order valence-corrected chi connectivity index (χ2v) is 6.22. The van der Waals surface area contributed by atoms with Gasteiger partial charge in [0.1, 0.15) is 5.75 Å². The van der Waals surface area contributed by atoms with Gasteiger partial charge in [-0.1, -0.05) is 48.5 Å². The Morgan fingerprint density at radius 1 is 1.04 bits per heavy atom. The van der Waals surface area contributed by atoms with Crippen molar-refractivity contribution in [3.8, 4) is 5.75 Å². The summed E-state index contributed by atoms with van der Waals surface area (Å²) in [5.41, 5.74) is 7.20. The number of carbonyl (C=O) groups is 1. The van der Waals surface area contributed by atoms with Gasteiger partial charge in [0, 0.05) is 19.0 Å². The van der Waals surface area contributed by atoms with E-state index in [-0.39, 0.29) is 5.91 Å². The molecule has 1 aliphatic rings. The molecule has 2 aromatic carbocycles. The Morgan fingerprint density at radius 3 is 2.38 bits per heavy atom. The van der Waals surface area contributed by atoms with Crippen LogP contribution >= 0.6 is 0 Å². The molecule has 4 heteroatoms. The lowest BCUT2D eigenvalue weighted by Crippen LogP contribution is -2.30. The van der Waals surface area contributed by atoms with Crippen molar-refractivity contribution in [1.29, 1.82) is 0 Å². The number of ether oxygens (including phenoxy) is 1. The van der Waals surface area contributed by atoms with Crippen LogP contribution in [0.2, 0.25) is 0 Å². The van der Waals surface area contributed by atoms with Crippen LogP contribution in [0, 0.1) is 5.92 Å². The van der Waals surface area contributed by atoms with Crippen molar-refractivity contribution in [2.24, 2.45) is 11.7 Å². The van der Waals surface area contributed by atoms with Gasteiger partial charge >= 0.3 is 0 Å². The molecule has 0 radical (unpaired) electrons. The van der Waals surface area contributed by atoms with Crippen molar-refractivity contribution in [3.05, 3.63) is 66.2 Å². The van der Waals surface area contributed by atoms with Crippen LogP contribution in [0.1, 0.15) is 17.9 Å². The monoisotopic (exact) mass is 324 g/mol. The Hall–Kier alpha value is -2.33. The molecule has 0 unspecified atom stereocenters. The Morgan fingerprint density at radius 2 is 1.71 bits per heavy atom. The lowest BCUT2D eigenvalue weighted by atomic mass is 9.89. The standard InChI is InChI=1S/C20H24N2O2/c21-13-17-14-22(15-19(17)16-7-3-1-4-8-16)20(23)11-12-24-18-9-5-2-6-10-18/h1-10,17,19H,11-15,21H2/t17-,19+/m1/s1. The minimum atomic E-state index is 0.141. The maximum Gasteiger partial charge on any atom is 0.226 e. The average molecular weight is 324 g/mol. The Bertz CT molecular complexity index is 645. The molecule has 0 spiro atoms. The summed E-state index contributed by atoms with van der Waals surface area (Å²) in [6, 6.07) is 19.9. The van der Waals surface area contributed by atoms with Crippen LogP contribution in [0.25, 0.3) is 0 Å². The second kappa shape index (κ2) is 7.97. The average Bonchev–Trinajstić information content (AvgIpc) is 3.08. The molecule has 0 aromatic heterocycles. The van der Waals surface area contributed by atoms with Crippen molar-refractivity contribution in [2.75, 3.05) is 26.2 Å². The van der Waals surface area contributed by atoms with Crippen LogP contribution in [0.4, 0.5) is 0 Å². The summed E-state index contributed by atoms with van der Waals surface area (Å²) in [5, 5.41) is 0.